The number of Topliss-reactive ketones (excluding diaryl/α,β-unsaturated/α-hetero) is 1. The Morgan fingerprint density at radius 1 is 1.11 bits per heavy atom. The molecule has 2 aromatic carbocycles. The molecule has 0 saturated heterocycles. The quantitative estimate of drug-likeness (QED) is 0.646. The van der Waals surface area contributed by atoms with Crippen molar-refractivity contribution >= 4 is 34.9 Å². The second-order valence-electron chi connectivity index (χ2n) is 6.23. The van der Waals surface area contributed by atoms with E-state index >= 15 is 0 Å². The highest BCUT2D eigenvalue weighted by Gasteiger charge is 2.37. The van der Waals surface area contributed by atoms with Gasteiger partial charge in [0.2, 0.25) is 0 Å². The predicted octanol–water partition coefficient (Wildman–Crippen LogP) is 2.09. The fraction of sp³-hybridized carbons (Fsp3) is 0.200. The number of para-hydroxylation sites is 1. The molecule has 0 aliphatic carbocycles. The zero-order valence-electron chi connectivity index (χ0n) is 14.9. The number of fused-ring (bicyclic) bond motifs is 1. The van der Waals surface area contributed by atoms with Gasteiger partial charge in [0.15, 0.2) is 6.10 Å². The van der Waals surface area contributed by atoms with Crippen LogP contribution in [-0.2, 0) is 19.1 Å². The number of anilines is 2. The summed E-state index contributed by atoms with van der Waals surface area (Å²) in [5.74, 6) is -2.72. The fourth-order valence-corrected chi connectivity index (χ4v) is 2.79. The molecule has 0 spiro atoms. The number of ketones is 1. The first-order chi connectivity index (χ1) is 12.9. The number of nitrogens with zero attached hydrogens (tertiary/aromatic N) is 1. The molecule has 7 heteroatoms. The van der Waals surface area contributed by atoms with E-state index in [1.165, 1.54) is 13.0 Å². The van der Waals surface area contributed by atoms with Gasteiger partial charge in [0, 0.05) is 5.69 Å². The Morgan fingerprint density at radius 3 is 2.59 bits per heavy atom. The fourth-order valence-electron chi connectivity index (χ4n) is 2.79. The Morgan fingerprint density at radius 2 is 1.85 bits per heavy atom. The summed E-state index contributed by atoms with van der Waals surface area (Å²) in [7, 11) is 0. The summed E-state index contributed by atoms with van der Waals surface area (Å²) in [6.45, 7) is 2.89. The Balaban J connectivity index is 1.61. The lowest BCUT2D eigenvalue weighted by Crippen LogP contribution is -2.38. The summed E-state index contributed by atoms with van der Waals surface area (Å²) >= 11 is 0. The number of benzene rings is 2. The molecule has 1 atom stereocenters. The minimum Gasteiger partial charge on any atom is -0.451 e. The molecule has 138 valence electrons. The molecule has 0 bridgehead atoms. The number of carbonyl (C=O) groups excluding carboxylic acids is 4. The Hall–Kier alpha value is -3.48. The minimum absolute atomic E-state index is 0.250. The van der Waals surface area contributed by atoms with Crippen LogP contribution >= 0.6 is 0 Å². The first kappa shape index (κ1) is 18.3. The van der Waals surface area contributed by atoms with Gasteiger partial charge in [-0.05, 0) is 43.7 Å². The van der Waals surface area contributed by atoms with Crippen molar-refractivity contribution < 1.29 is 23.9 Å². The molecule has 0 unspecified atom stereocenters. The average molecular weight is 366 g/mol. The van der Waals surface area contributed by atoms with Crippen LogP contribution in [0.25, 0.3) is 0 Å². The summed E-state index contributed by atoms with van der Waals surface area (Å²) in [6, 6.07) is 13.6. The third-order valence-electron chi connectivity index (χ3n) is 4.13. The number of ether oxygens (including phenoxy) is 1. The SMILES string of the molecule is Cc1cccc(NC(=O)[C@H](C)OC(=O)CN2C(=O)C(=O)c3ccccc32)c1. The first-order valence-corrected chi connectivity index (χ1v) is 8.39. The Labute approximate surface area is 155 Å². The van der Waals surface area contributed by atoms with Crippen LogP contribution in [0.5, 0.6) is 0 Å². The molecular formula is C20H18N2O5. The number of aryl methyl sites for hydroxylation is 1. The standard InChI is InChI=1S/C20H18N2O5/c1-12-6-5-7-14(10-12)21-19(25)13(2)27-17(23)11-22-16-9-4-3-8-15(16)18(24)20(22)26/h3-10,13H,11H2,1-2H3,(H,21,25)/t13-/m0/s1. The van der Waals surface area contributed by atoms with Gasteiger partial charge in [-0.2, -0.15) is 0 Å². The topological polar surface area (TPSA) is 92.8 Å². The van der Waals surface area contributed by atoms with E-state index in [4.69, 9.17) is 4.74 Å². The van der Waals surface area contributed by atoms with Gasteiger partial charge in [-0.15, -0.1) is 0 Å². The molecule has 1 aliphatic rings. The van der Waals surface area contributed by atoms with Crippen LogP contribution in [0.15, 0.2) is 48.5 Å². The predicted molar refractivity (Wildman–Crippen MR) is 98.5 cm³/mol. The highest BCUT2D eigenvalue weighted by Crippen LogP contribution is 2.28. The normalized spacial score (nSPS) is 13.9. The van der Waals surface area contributed by atoms with E-state index in [0.717, 1.165) is 10.5 Å². The summed E-state index contributed by atoms with van der Waals surface area (Å²) in [6.07, 6.45) is -1.05. The number of rotatable bonds is 5. The van der Waals surface area contributed by atoms with Crippen molar-refractivity contribution in [1.29, 1.82) is 0 Å². The van der Waals surface area contributed by atoms with Gasteiger partial charge in [0.1, 0.15) is 6.54 Å². The van der Waals surface area contributed by atoms with Crippen molar-refractivity contribution in [2.24, 2.45) is 0 Å². The lowest BCUT2D eigenvalue weighted by molar-refractivity contribution is -0.152. The van der Waals surface area contributed by atoms with Gasteiger partial charge in [-0.3, -0.25) is 24.1 Å². The van der Waals surface area contributed by atoms with Crippen LogP contribution in [-0.4, -0.2) is 36.2 Å². The lowest BCUT2D eigenvalue weighted by Gasteiger charge is -2.18. The monoisotopic (exact) mass is 366 g/mol. The third kappa shape index (κ3) is 3.87. The van der Waals surface area contributed by atoms with E-state index in [2.05, 4.69) is 5.32 Å². The van der Waals surface area contributed by atoms with E-state index in [9.17, 15) is 19.2 Å². The highest BCUT2D eigenvalue weighted by molar-refractivity contribution is 6.52. The second-order valence-corrected chi connectivity index (χ2v) is 6.23. The zero-order chi connectivity index (χ0) is 19.6. The molecule has 1 aliphatic heterocycles. The largest absolute Gasteiger partial charge is 0.451 e. The van der Waals surface area contributed by atoms with Crippen molar-refractivity contribution in [2.45, 2.75) is 20.0 Å². The van der Waals surface area contributed by atoms with Crippen molar-refractivity contribution in [3.8, 4) is 0 Å². The van der Waals surface area contributed by atoms with E-state index in [1.807, 2.05) is 13.0 Å². The van der Waals surface area contributed by atoms with Crippen molar-refractivity contribution in [3.05, 3.63) is 59.7 Å². The molecule has 2 amide bonds. The van der Waals surface area contributed by atoms with Gasteiger partial charge in [0.05, 0.1) is 11.3 Å². The summed E-state index contributed by atoms with van der Waals surface area (Å²) < 4.78 is 5.12. The molecule has 7 nitrogen and oxygen atoms in total. The summed E-state index contributed by atoms with van der Waals surface area (Å²) in [5.41, 5.74) is 2.19. The number of hydrogen-bond acceptors (Lipinski definition) is 5. The third-order valence-corrected chi connectivity index (χ3v) is 4.13. The molecule has 1 heterocycles. The van der Waals surface area contributed by atoms with Gasteiger partial charge in [-0.25, -0.2) is 0 Å². The van der Waals surface area contributed by atoms with E-state index in [0.29, 0.717) is 11.4 Å². The average Bonchev–Trinajstić information content (AvgIpc) is 2.87. The molecular weight excluding hydrogens is 348 g/mol. The van der Waals surface area contributed by atoms with Gasteiger partial charge < -0.3 is 10.1 Å². The Bertz CT molecular complexity index is 937. The van der Waals surface area contributed by atoms with Crippen LogP contribution in [0.4, 0.5) is 11.4 Å². The number of carbonyl (C=O) groups is 4. The second kappa shape index (κ2) is 7.41. The maximum absolute atomic E-state index is 12.2. The number of amides is 2. The van der Waals surface area contributed by atoms with E-state index in [-0.39, 0.29) is 5.56 Å². The van der Waals surface area contributed by atoms with Crippen molar-refractivity contribution in [1.82, 2.24) is 0 Å². The van der Waals surface area contributed by atoms with Crippen molar-refractivity contribution in [3.63, 3.8) is 0 Å². The molecule has 0 saturated carbocycles. The van der Waals surface area contributed by atoms with Crippen molar-refractivity contribution in [2.75, 3.05) is 16.8 Å². The molecule has 3 rings (SSSR count). The van der Waals surface area contributed by atoms with E-state index < -0.39 is 36.2 Å². The smallest absolute Gasteiger partial charge is 0.326 e. The highest BCUT2D eigenvalue weighted by atomic mass is 16.5. The van der Waals surface area contributed by atoms with Crippen LogP contribution < -0.4 is 10.2 Å². The first-order valence-electron chi connectivity index (χ1n) is 8.39. The van der Waals surface area contributed by atoms with Crippen LogP contribution in [0.3, 0.4) is 0 Å². The molecule has 0 fully saturated rings. The van der Waals surface area contributed by atoms with E-state index in [1.54, 1.807) is 36.4 Å². The van der Waals surface area contributed by atoms with Gasteiger partial charge >= 0.3 is 5.97 Å². The Kier molecular flexibility index (Phi) is 5.03. The number of hydrogen-bond donors (Lipinski definition) is 1. The number of nitrogens with one attached hydrogen (secondary N) is 1. The minimum atomic E-state index is -1.05. The van der Waals surface area contributed by atoms with Gasteiger partial charge in [0.25, 0.3) is 17.6 Å². The van der Waals surface area contributed by atoms with Crippen LogP contribution in [0.2, 0.25) is 0 Å². The van der Waals surface area contributed by atoms with Crippen LogP contribution in [0.1, 0.15) is 22.8 Å². The molecule has 1 N–H and O–H groups in total. The molecule has 27 heavy (non-hydrogen) atoms. The summed E-state index contributed by atoms with van der Waals surface area (Å²) in [5, 5.41) is 2.66. The van der Waals surface area contributed by atoms with Gasteiger partial charge in [-0.1, -0.05) is 24.3 Å². The van der Waals surface area contributed by atoms with Crippen LogP contribution in [0, 0.1) is 6.92 Å². The molecule has 2 aromatic rings. The molecule has 0 radical (unpaired) electrons. The molecule has 0 aromatic heterocycles. The summed E-state index contributed by atoms with van der Waals surface area (Å²) in [4.78, 5) is 49.4. The lowest BCUT2D eigenvalue weighted by atomic mass is 10.1. The maximum atomic E-state index is 12.2. The zero-order valence-corrected chi connectivity index (χ0v) is 14.9. The number of esters is 1. The maximum Gasteiger partial charge on any atom is 0.326 e.